The molecular formula is C13H14BrFN2. The molecule has 0 aliphatic rings. The average molecular weight is 297 g/mol. The zero-order chi connectivity index (χ0) is 12.6. The first-order valence-electron chi connectivity index (χ1n) is 5.51. The second-order valence-corrected chi connectivity index (χ2v) is 5.11. The Labute approximate surface area is 108 Å². The van der Waals surface area contributed by atoms with E-state index < -0.39 is 0 Å². The summed E-state index contributed by atoms with van der Waals surface area (Å²) >= 11 is 3.42. The van der Waals surface area contributed by atoms with Crippen LogP contribution in [0.1, 0.15) is 25.5 Å². The first-order valence-corrected chi connectivity index (χ1v) is 6.30. The van der Waals surface area contributed by atoms with Gasteiger partial charge in [-0.3, -0.25) is 4.98 Å². The molecule has 4 heteroatoms. The van der Waals surface area contributed by atoms with E-state index in [9.17, 15) is 4.39 Å². The first kappa shape index (κ1) is 12.3. The van der Waals surface area contributed by atoms with Crippen LogP contribution in [0.2, 0.25) is 0 Å². The van der Waals surface area contributed by atoms with Crippen LogP contribution in [0.3, 0.4) is 0 Å². The molecule has 0 spiro atoms. The third-order valence-corrected chi connectivity index (χ3v) is 3.38. The van der Waals surface area contributed by atoms with Crippen LogP contribution in [-0.4, -0.2) is 12.0 Å². The fourth-order valence-corrected chi connectivity index (χ4v) is 2.20. The molecular weight excluding hydrogens is 283 g/mol. The van der Waals surface area contributed by atoms with E-state index in [1.807, 2.05) is 6.07 Å². The number of rotatable bonds is 2. The maximum Gasteiger partial charge on any atom is 0.134 e. The topological polar surface area (TPSA) is 24.9 Å². The van der Waals surface area contributed by atoms with Gasteiger partial charge in [0.2, 0.25) is 0 Å². The number of aromatic nitrogens is 1. The van der Waals surface area contributed by atoms with Gasteiger partial charge in [-0.1, -0.05) is 13.8 Å². The summed E-state index contributed by atoms with van der Waals surface area (Å²) in [5.41, 5.74) is 2.39. The number of halogens is 2. The molecule has 0 aliphatic heterocycles. The Kier molecular flexibility index (Phi) is 3.33. The minimum atomic E-state index is -0.254. The lowest BCUT2D eigenvalue weighted by Gasteiger charge is -2.12. The van der Waals surface area contributed by atoms with E-state index in [0.717, 1.165) is 15.9 Å². The molecule has 0 atom stereocenters. The van der Waals surface area contributed by atoms with Crippen molar-refractivity contribution in [1.29, 1.82) is 0 Å². The van der Waals surface area contributed by atoms with Crippen molar-refractivity contribution >= 4 is 32.5 Å². The summed E-state index contributed by atoms with van der Waals surface area (Å²) in [7, 11) is 1.79. The fraction of sp³-hybridized carbons (Fsp3) is 0.308. The number of hydrogen-bond acceptors (Lipinski definition) is 2. The lowest BCUT2D eigenvalue weighted by molar-refractivity contribution is 0.639. The third-order valence-electron chi connectivity index (χ3n) is 2.74. The fourth-order valence-electron chi connectivity index (χ4n) is 1.78. The molecule has 1 aromatic carbocycles. The van der Waals surface area contributed by atoms with Gasteiger partial charge < -0.3 is 5.32 Å². The third kappa shape index (κ3) is 2.14. The van der Waals surface area contributed by atoms with Crippen molar-refractivity contribution in [2.45, 2.75) is 19.8 Å². The molecule has 2 aromatic rings. The van der Waals surface area contributed by atoms with E-state index >= 15 is 0 Å². The number of hydrogen-bond donors (Lipinski definition) is 1. The van der Waals surface area contributed by atoms with Gasteiger partial charge in [0, 0.05) is 22.9 Å². The predicted octanol–water partition coefficient (Wildman–Crippen LogP) is 4.30. The zero-order valence-corrected chi connectivity index (χ0v) is 11.6. The van der Waals surface area contributed by atoms with Gasteiger partial charge in [0.25, 0.3) is 0 Å². The van der Waals surface area contributed by atoms with Crippen molar-refractivity contribution in [2.75, 3.05) is 12.4 Å². The van der Waals surface area contributed by atoms with Gasteiger partial charge in [-0.05, 0) is 40.0 Å². The number of nitrogens with zero attached hydrogens (tertiary/aromatic N) is 1. The highest BCUT2D eigenvalue weighted by atomic mass is 79.9. The van der Waals surface area contributed by atoms with Crippen molar-refractivity contribution in [1.82, 2.24) is 4.98 Å². The highest BCUT2D eigenvalue weighted by Gasteiger charge is 2.13. The smallest absolute Gasteiger partial charge is 0.134 e. The molecule has 1 heterocycles. The van der Waals surface area contributed by atoms with Gasteiger partial charge in [0.05, 0.1) is 10.9 Å². The quantitative estimate of drug-likeness (QED) is 0.894. The molecule has 0 bridgehead atoms. The highest BCUT2D eigenvalue weighted by Crippen LogP contribution is 2.32. The normalized spacial score (nSPS) is 11.2. The summed E-state index contributed by atoms with van der Waals surface area (Å²) in [6.07, 6.45) is 0. The molecule has 0 saturated heterocycles. The van der Waals surface area contributed by atoms with Crippen molar-refractivity contribution in [3.63, 3.8) is 0 Å². The van der Waals surface area contributed by atoms with Crippen LogP contribution in [0.5, 0.6) is 0 Å². The van der Waals surface area contributed by atoms with E-state index in [0.29, 0.717) is 16.8 Å². The Hall–Kier alpha value is -1.16. The van der Waals surface area contributed by atoms with Crippen molar-refractivity contribution < 1.29 is 4.39 Å². The Balaban J connectivity index is 2.87. The van der Waals surface area contributed by atoms with Gasteiger partial charge in [-0.25, -0.2) is 4.39 Å². The molecule has 2 rings (SSSR count). The molecule has 0 amide bonds. The van der Waals surface area contributed by atoms with Crippen molar-refractivity contribution in [2.24, 2.45) is 0 Å². The summed E-state index contributed by atoms with van der Waals surface area (Å²) < 4.78 is 14.7. The number of fused-ring (bicyclic) bond motifs is 1. The van der Waals surface area contributed by atoms with Gasteiger partial charge in [-0.2, -0.15) is 0 Å². The van der Waals surface area contributed by atoms with Crippen LogP contribution >= 0.6 is 15.9 Å². The number of anilines is 1. The van der Waals surface area contributed by atoms with E-state index in [2.05, 4.69) is 40.1 Å². The molecule has 0 aliphatic carbocycles. The van der Waals surface area contributed by atoms with E-state index in [1.54, 1.807) is 13.1 Å². The summed E-state index contributed by atoms with van der Waals surface area (Å²) in [6, 6.07) is 5.04. The monoisotopic (exact) mass is 296 g/mol. The zero-order valence-electron chi connectivity index (χ0n) is 10.0. The van der Waals surface area contributed by atoms with E-state index in [4.69, 9.17) is 0 Å². The summed E-state index contributed by atoms with van der Waals surface area (Å²) in [6.45, 7) is 4.14. The van der Waals surface area contributed by atoms with Gasteiger partial charge in [0.15, 0.2) is 0 Å². The van der Waals surface area contributed by atoms with Gasteiger partial charge in [0.1, 0.15) is 5.82 Å². The van der Waals surface area contributed by atoms with Crippen LogP contribution in [0.15, 0.2) is 22.7 Å². The Bertz CT molecular complexity index is 567. The van der Waals surface area contributed by atoms with Gasteiger partial charge >= 0.3 is 0 Å². The molecule has 17 heavy (non-hydrogen) atoms. The minimum Gasteiger partial charge on any atom is -0.387 e. The second-order valence-electron chi connectivity index (χ2n) is 4.25. The Morgan fingerprint density at radius 2 is 2.06 bits per heavy atom. The summed E-state index contributed by atoms with van der Waals surface area (Å²) in [4.78, 5) is 4.52. The van der Waals surface area contributed by atoms with E-state index in [1.165, 1.54) is 6.07 Å². The maximum atomic E-state index is 13.8. The molecule has 0 fully saturated rings. The minimum absolute atomic E-state index is 0.254. The molecule has 1 aromatic heterocycles. The lowest BCUT2D eigenvalue weighted by atomic mass is 10.1. The van der Waals surface area contributed by atoms with Gasteiger partial charge in [-0.15, -0.1) is 0 Å². The van der Waals surface area contributed by atoms with Crippen molar-refractivity contribution in [3.8, 4) is 0 Å². The van der Waals surface area contributed by atoms with Crippen LogP contribution in [0.4, 0.5) is 10.1 Å². The highest BCUT2D eigenvalue weighted by molar-refractivity contribution is 9.10. The summed E-state index contributed by atoms with van der Waals surface area (Å²) in [5, 5.41) is 3.57. The molecule has 2 nitrogen and oxygen atoms in total. The van der Waals surface area contributed by atoms with E-state index in [-0.39, 0.29) is 5.82 Å². The maximum absolute atomic E-state index is 13.8. The standard InChI is InChI=1S/C13H14BrFN2/c1-7(2)10-6-11(16-3)12-9(15)5-4-8(14)13(12)17-10/h4-7H,1-3H3,(H,16,17). The SMILES string of the molecule is CNc1cc(C(C)C)nc2c(Br)ccc(F)c12. The van der Waals surface area contributed by atoms with Crippen LogP contribution < -0.4 is 5.32 Å². The Morgan fingerprint density at radius 3 is 2.65 bits per heavy atom. The molecule has 0 saturated carbocycles. The largest absolute Gasteiger partial charge is 0.387 e. The molecule has 1 N–H and O–H groups in total. The Morgan fingerprint density at radius 1 is 1.35 bits per heavy atom. The number of benzene rings is 1. The van der Waals surface area contributed by atoms with Crippen LogP contribution in [0, 0.1) is 5.82 Å². The summed E-state index contributed by atoms with van der Waals surface area (Å²) in [5.74, 6) is 0.0528. The second kappa shape index (κ2) is 4.61. The van der Waals surface area contributed by atoms with Crippen LogP contribution in [0.25, 0.3) is 10.9 Å². The van der Waals surface area contributed by atoms with Crippen molar-refractivity contribution in [3.05, 3.63) is 34.2 Å². The predicted molar refractivity (Wildman–Crippen MR) is 73.0 cm³/mol. The van der Waals surface area contributed by atoms with Crippen LogP contribution in [-0.2, 0) is 0 Å². The first-order chi connectivity index (χ1) is 8.04. The molecule has 0 unspecified atom stereocenters. The number of nitrogens with one attached hydrogen (secondary N) is 1. The molecule has 0 radical (unpaired) electrons. The number of pyridine rings is 1. The lowest BCUT2D eigenvalue weighted by Crippen LogP contribution is -2.00. The molecule has 90 valence electrons. The average Bonchev–Trinajstić information content (AvgIpc) is 2.32.